The van der Waals surface area contributed by atoms with E-state index in [-0.39, 0.29) is 18.7 Å². The van der Waals surface area contributed by atoms with Crippen molar-refractivity contribution in [1.82, 2.24) is 9.80 Å². The van der Waals surface area contributed by atoms with Gasteiger partial charge in [-0.2, -0.15) is 8.42 Å². The van der Waals surface area contributed by atoms with Crippen molar-refractivity contribution >= 4 is 16.2 Å². The second kappa shape index (κ2) is 10.7. The first kappa shape index (κ1) is 25.2. The maximum Gasteiger partial charge on any atom is 0.410 e. The van der Waals surface area contributed by atoms with Crippen LogP contribution in [0.15, 0.2) is 60.7 Å². The summed E-state index contributed by atoms with van der Waals surface area (Å²) in [5, 5.41) is 0. The average molecular weight is 475 g/mol. The first-order valence-electron chi connectivity index (χ1n) is 11.2. The summed E-state index contributed by atoms with van der Waals surface area (Å²) in [5.74, 6) is 0. The molecule has 0 spiro atoms. The lowest BCUT2D eigenvalue weighted by Crippen LogP contribution is -2.63. The molecule has 0 radical (unpaired) electrons. The molecule has 0 N–H and O–H groups in total. The topological polar surface area (TPSA) is 76.2 Å². The highest BCUT2D eigenvalue weighted by molar-refractivity contribution is 7.85. The molecule has 33 heavy (non-hydrogen) atoms. The van der Waals surface area contributed by atoms with E-state index in [1.54, 1.807) is 4.90 Å². The van der Waals surface area contributed by atoms with Gasteiger partial charge in [-0.25, -0.2) is 4.79 Å². The summed E-state index contributed by atoms with van der Waals surface area (Å²) in [6.07, 6.45) is 1.21. The zero-order valence-corrected chi connectivity index (χ0v) is 20.6. The molecule has 2 atom stereocenters. The third-order valence-corrected chi connectivity index (χ3v) is 6.10. The molecule has 3 rings (SSSR count). The molecule has 8 heteroatoms. The highest BCUT2D eigenvalue weighted by Crippen LogP contribution is 2.26. The van der Waals surface area contributed by atoms with Crippen LogP contribution in [0.5, 0.6) is 0 Å². The van der Waals surface area contributed by atoms with Gasteiger partial charge in [0.15, 0.2) is 0 Å². The Hall–Kier alpha value is -2.42. The predicted octanol–water partition coefficient (Wildman–Crippen LogP) is 3.70. The molecule has 2 unspecified atom stereocenters. The summed E-state index contributed by atoms with van der Waals surface area (Å²) in [5.41, 5.74) is 1.54. The Morgan fingerprint density at radius 2 is 1.52 bits per heavy atom. The molecule has 1 aliphatic rings. The highest BCUT2D eigenvalue weighted by atomic mass is 32.2. The van der Waals surface area contributed by atoms with Gasteiger partial charge in [-0.1, -0.05) is 60.7 Å². The van der Waals surface area contributed by atoms with Gasteiger partial charge in [0.1, 0.15) is 5.60 Å². The van der Waals surface area contributed by atoms with Crippen LogP contribution in [0.3, 0.4) is 0 Å². The van der Waals surface area contributed by atoms with E-state index < -0.39 is 21.8 Å². The number of carbonyl (C=O) groups is 1. The van der Waals surface area contributed by atoms with Crippen LogP contribution >= 0.6 is 0 Å². The summed E-state index contributed by atoms with van der Waals surface area (Å²) in [6.45, 7) is 7.17. The van der Waals surface area contributed by atoms with E-state index in [2.05, 4.69) is 4.90 Å². The zero-order valence-electron chi connectivity index (χ0n) is 19.8. The van der Waals surface area contributed by atoms with E-state index in [0.717, 1.165) is 17.4 Å². The Labute approximate surface area is 197 Å². The van der Waals surface area contributed by atoms with E-state index in [1.807, 2.05) is 81.4 Å². The smallest absolute Gasteiger partial charge is 0.410 e. The number of nitrogens with zero attached hydrogens (tertiary/aromatic N) is 2. The number of ether oxygens (including phenoxy) is 1. The lowest BCUT2D eigenvalue weighted by Gasteiger charge is -2.47. The van der Waals surface area contributed by atoms with Gasteiger partial charge < -0.3 is 9.64 Å². The number of rotatable bonds is 7. The largest absolute Gasteiger partial charge is 0.444 e. The maximum atomic E-state index is 13.2. The summed E-state index contributed by atoms with van der Waals surface area (Å²) in [7, 11) is -3.64. The summed E-state index contributed by atoms with van der Waals surface area (Å²) in [4.78, 5) is 17.1. The molecule has 0 saturated carbocycles. The van der Waals surface area contributed by atoms with E-state index in [1.165, 1.54) is 0 Å². The van der Waals surface area contributed by atoms with E-state index in [4.69, 9.17) is 8.92 Å². The van der Waals surface area contributed by atoms with Crippen LogP contribution in [-0.4, -0.2) is 67.9 Å². The fourth-order valence-corrected chi connectivity index (χ4v) is 4.48. The average Bonchev–Trinajstić information content (AvgIpc) is 2.73. The lowest BCUT2D eigenvalue weighted by molar-refractivity contribution is -0.0306. The van der Waals surface area contributed by atoms with Gasteiger partial charge in [0.05, 0.1) is 24.9 Å². The number of benzene rings is 2. The number of piperazine rings is 1. The second-order valence-corrected chi connectivity index (χ2v) is 11.1. The van der Waals surface area contributed by atoms with Gasteiger partial charge in [-0.05, 0) is 38.3 Å². The van der Waals surface area contributed by atoms with Crippen LogP contribution in [-0.2, 0) is 32.0 Å². The molecule has 1 fully saturated rings. The van der Waals surface area contributed by atoms with Crippen molar-refractivity contribution in [2.45, 2.75) is 51.4 Å². The molecule has 7 nitrogen and oxygen atoms in total. The van der Waals surface area contributed by atoms with E-state index in [9.17, 15) is 13.2 Å². The first-order chi connectivity index (χ1) is 15.5. The Morgan fingerprint density at radius 1 is 0.939 bits per heavy atom. The van der Waals surface area contributed by atoms with Crippen LogP contribution in [0.1, 0.15) is 31.9 Å². The molecular formula is C25H34N2O5S. The predicted molar refractivity (Wildman–Crippen MR) is 128 cm³/mol. The zero-order chi connectivity index (χ0) is 24.1. The van der Waals surface area contributed by atoms with Crippen LogP contribution in [0.25, 0.3) is 0 Å². The summed E-state index contributed by atoms with van der Waals surface area (Å²) in [6, 6.07) is 19.2. The number of hydrogen-bond donors (Lipinski definition) is 0. The molecule has 1 heterocycles. The van der Waals surface area contributed by atoms with Crippen molar-refractivity contribution in [3.05, 3.63) is 71.8 Å². The van der Waals surface area contributed by atoms with Crippen molar-refractivity contribution < 1.29 is 22.1 Å². The van der Waals surface area contributed by atoms with E-state index >= 15 is 0 Å². The van der Waals surface area contributed by atoms with Crippen molar-refractivity contribution in [3.8, 4) is 0 Å². The van der Waals surface area contributed by atoms with Crippen LogP contribution < -0.4 is 0 Å². The van der Waals surface area contributed by atoms with Gasteiger partial charge in [0.2, 0.25) is 0 Å². The summed E-state index contributed by atoms with van der Waals surface area (Å²) >= 11 is 0. The van der Waals surface area contributed by atoms with Crippen molar-refractivity contribution in [1.29, 1.82) is 0 Å². The van der Waals surface area contributed by atoms with Gasteiger partial charge in [-0.3, -0.25) is 9.08 Å². The maximum absolute atomic E-state index is 13.2. The fraction of sp³-hybridized carbons (Fsp3) is 0.480. The molecule has 2 aromatic carbocycles. The van der Waals surface area contributed by atoms with Crippen molar-refractivity contribution in [2.75, 3.05) is 26.0 Å². The Morgan fingerprint density at radius 3 is 2.06 bits per heavy atom. The third-order valence-electron chi connectivity index (χ3n) is 5.54. The Kier molecular flexibility index (Phi) is 8.15. The monoisotopic (exact) mass is 474 g/mol. The minimum atomic E-state index is -3.64. The molecule has 180 valence electrons. The molecule has 0 aromatic heterocycles. The van der Waals surface area contributed by atoms with Crippen LogP contribution in [0.4, 0.5) is 4.79 Å². The quantitative estimate of drug-likeness (QED) is 0.570. The molecule has 1 aliphatic heterocycles. The van der Waals surface area contributed by atoms with Gasteiger partial charge >= 0.3 is 6.09 Å². The standard InChI is InChI=1S/C25H34N2O5S/c1-25(2,3)32-24(28)27-16-15-26(18-21-13-9-6-10-14-21)23(19-31-33(4,29)30)22(27)17-20-11-7-5-8-12-20/h5-14,22-23H,15-19H2,1-4H3. The van der Waals surface area contributed by atoms with Gasteiger partial charge in [-0.15, -0.1) is 0 Å². The molecule has 0 bridgehead atoms. The third kappa shape index (κ3) is 7.84. The highest BCUT2D eigenvalue weighted by Gasteiger charge is 2.41. The lowest BCUT2D eigenvalue weighted by atomic mass is 9.94. The number of carbonyl (C=O) groups excluding carboxylic acids is 1. The Bertz CT molecular complexity index is 1010. The number of amides is 1. The molecule has 2 aromatic rings. The minimum absolute atomic E-state index is 0.0392. The first-order valence-corrected chi connectivity index (χ1v) is 13.0. The van der Waals surface area contributed by atoms with Gasteiger partial charge in [0, 0.05) is 19.6 Å². The fourth-order valence-electron chi connectivity index (χ4n) is 4.09. The molecule has 0 aliphatic carbocycles. The number of hydrogen-bond acceptors (Lipinski definition) is 6. The second-order valence-electron chi connectivity index (χ2n) is 9.44. The van der Waals surface area contributed by atoms with E-state index in [0.29, 0.717) is 26.1 Å². The van der Waals surface area contributed by atoms with Gasteiger partial charge in [0.25, 0.3) is 10.1 Å². The molecular weight excluding hydrogens is 440 g/mol. The van der Waals surface area contributed by atoms with Crippen molar-refractivity contribution in [3.63, 3.8) is 0 Å². The van der Waals surface area contributed by atoms with Crippen LogP contribution in [0.2, 0.25) is 0 Å². The molecule has 1 amide bonds. The van der Waals surface area contributed by atoms with Crippen LogP contribution in [0, 0.1) is 0 Å². The summed E-state index contributed by atoms with van der Waals surface area (Å²) < 4.78 is 34.7. The van der Waals surface area contributed by atoms with Crippen molar-refractivity contribution in [2.24, 2.45) is 0 Å². The normalized spacial score (nSPS) is 19.9. The Balaban J connectivity index is 1.94. The minimum Gasteiger partial charge on any atom is -0.444 e. The SMILES string of the molecule is CC(C)(C)OC(=O)N1CCN(Cc2ccccc2)C(COS(C)(=O)=O)C1Cc1ccccc1. The molecule has 1 saturated heterocycles.